The van der Waals surface area contributed by atoms with E-state index in [9.17, 15) is 4.39 Å². The van der Waals surface area contributed by atoms with Gasteiger partial charge in [0.2, 0.25) is 0 Å². The number of nitrogens with one attached hydrogen (secondary N) is 1. The first-order chi connectivity index (χ1) is 14.1. The van der Waals surface area contributed by atoms with Crippen LogP contribution in [0.5, 0.6) is 0 Å². The van der Waals surface area contributed by atoms with Crippen molar-refractivity contribution >= 4 is 21.9 Å². The van der Waals surface area contributed by atoms with Crippen molar-refractivity contribution in [2.24, 2.45) is 7.05 Å². The van der Waals surface area contributed by atoms with Crippen LogP contribution >= 0.6 is 0 Å². The number of fused-ring (bicyclic) bond motifs is 2. The van der Waals surface area contributed by atoms with Gasteiger partial charge in [0, 0.05) is 43.8 Å². The van der Waals surface area contributed by atoms with Gasteiger partial charge in [0.15, 0.2) is 0 Å². The summed E-state index contributed by atoms with van der Waals surface area (Å²) in [4.78, 5) is 9.96. The topological polar surface area (TPSA) is 46.1 Å². The molecule has 0 saturated carbocycles. The summed E-state index contributed by atoms with van der Waals surface area (Å²) in [6.07, 6.45) is 0.721. The minimum atomic E-state index is -0.989. The number of imidazole rings is 1. The summed E-state index contributed by atoms with van der Waals surface area (Å²) in [5.74, 6) is 0.741. The van der Waals surface area contributed by atoms with E-state index in [1.807, 2.05) is 25.1 Å². The Labute approximate surface area is 169 Å². The number of hydrogen-bond donors (Lipinski definition) is 1. The molecular weight excluding hydrogens is 367 g/mol. The van der Waals surface area contributed by atoms with Gasteiger partial charge in [-0.3, -0.25) is 4.90 Å². The number of rotatable bonds is 5. The number of alkyl halides is 1. The minimum absolute atomic E-state index is 0.293. The zero-order valence-electron chi connectivity index (χ0n) is 16.7. The highest BCUT2D eigenvalue weighted by molar-refractivity contribution is 5.83. The van der Waals surface area contributed by atoms with Gasteiger partial charge in [-0.1, -0.05) is 24.3 Å². The van der Waals surface area contributed by atoms with Crippen LogP contribution in [-0.2, 0) is 24.9 Å². The molecule has 5 nitrogen and oxygen atoms in total. The first kappa shape index (κ1) is 18.3. The lowest BCUT2D eigenvalue weighted by atomic mass is 10.1. The second kappa shape index (κ2) is 7.28. The Morgan fingerprint density at radius 1 is 1.21 bits per heavy atom. The van der Waals surface area contributed by atoms with E-state index >= 15 is 0 Å². The Hall–Kier alpha value is -2.70. The van der Waals surface area contributed by atoms with Gasteiger partial charge < -0.3 is 14.3 Å². The van der Waals surface area contributed by atoms with Crippen molar-refractivity contribution in [3.63, 3.8) is 0 Å². The number of halogens is 1. The number of aromatic nitrogens is 3. The number of H-pyrrole nitrogens is 1. The molecule has 0 amide bonds. The molecule has 0 spiro atoms. The van der Waals surface area contributed by atoms with Crippen molar-refractivity contribution in [1.29, 1.82) is 0 Å². The number of likely N-dealkylation sites (tertiary alicyclic amines) is 1. The number of hydrogen-bond acceptors (Lipinski definition) is 3. The molecule has 2 unspecified atom stereocenters. The van der Waals surface area contributed by atoms with E-state index in [-0.39, 0.29) is 0 Å². The SMILES string of the molecule is Cc1ccc2nc(COC3CN(Cc4cn(C)c5ccccc45)CC3F)[nH]c2c1. The van der Waals surface area contributed by atoms with Gasteiger partial charge in [0.1, 0.15) is 24.7 Å². The van der Waals surface area contributed by atoms with Crippen LogP contribution in [0.25, 0.3) is 21.9 Å². The third-order valence-corrected chi connectivity index (χ3v) is 5.77. The van der Waals surface area contributed by atoms with Gasteiger partial charge in [-0.05, 0) is 36.2 Å². The fourth-order valence-electron chi connectivity index (χ4n) is 4.32. The maximum absolute atomic E-state index is 14.6. The summed E-state index contributed by atoms with van der Waals surface area (Å²) in [6.45, 7) is 4.05. The number of nitrogens with zero attached hydrogens (tertiary/aromatic N) is 3. The first-order valence-electron chi connectivity index (χ1n) is 10.0. The molecule has 4 aromatic rings. The Bertz CT molecular complexity index is 1160. The van der Waals surface area contributed by atoms with E-state index in [0.29, 0.717) is 19.7 Å². The third kappa shape index (κ3) is 3.54. The van der Waals surface area contributed by atoms with Gasteiger partial charge in [0.05, 0.1) is 11.0 Å². The van der Waals surface area contributed by atoms with Gasteiger partial charge in [-0.2, -0.15) is 0 Å². The highest BCUT2D eigenvalue weighted by Crippen LogP contribution is 2.25. The number of aryl methyl sites for hydroxylation is 2. The summed E-state index contributed by atoms with van der Waals surface area (Å²) < 4.78 is 22.7. The smallest absolute Gasteiger partial charge is 0.140 e. The Morgan fingerprint density at radius 3 is 2.97 bits per heavy atom. The van der Waals surface area contributed by atoms with Crippen molar-refractivity contribution in [3.05, 3.63) is 65.6 Å². The van der Waals surface area contributed by atoms with E-state index in [4.69, 9.17) is 4.74 Å². The van der Waals surface area contributed by atoms with Crippen LogP contribution in [0, 0.1) is 6.92 Å². The quantitative estimate of drug-likeness (QED) is 0.556. The summed E-state index contributed by atoms with van der Waals surface area (Å²) in [6, 6.07) is 14.4. The Morgan fingerprint density at radius 2 is 2.07 bits per heavy atom. The van der Waals surface area contributed by atoms with E-state index in [2.05, 4.69) is 56.9 Å². The van der Waals surface area contributed by atoms with Crippen LogP contribution in [-0.4, -0.2) is 44.8 Å². The molecular formula is C23H25FN4O. The minimum Gasteiger partial charge on any atom is -0.366 e. The summed E-state index contributed by atoms with van der Waals surface area (Å²) in [5, 5.41) is 1.23. The maximum atomic E-state index is 14.6. The van der Waals surface area contributed by atoms with Crippen molar-refractivity contribution in [2.75, 3.05) is 13.1 Å². The lowest BCUT2D eigenvalue weighted by molar-refractivity contribution is 0.00864. The molecule has 1 aliphatic heterocycles. The Balaban J connectivity index is 1.24. The third-order valence-electron chi connectivity index (χ3n) is 5.77. The highest BCUT2D eigenvalue weighted by Gasteiger charge is 2.34. The van der Waals surface area contributed by atoms with Gasteiger partial charge in [-0.15, -0.1) is 0 Å². The van der Waals surface area contributed by atoms with Crippen LogP contribution in [0.3, 0.4) is 0 Å². The van der Waals surface area contributed by atoms with E-state index in [0.717, 1.165) is 23.4 Å². The number of aromatic amines is 1. The van der Waals surface area contributed by atoms with Crippen LogP contribution < -0.4 is 0 Å². The summed E-state index contributed by atoms with van der Waals surface area (Å²) in [7, 11) is 2.05. The molecule has 2 aromatic carbocycles. The zero-order valence-corrected chi connectivity index (χ0v) is 16.7. The van der Waals surface area contributed by atoms with E-state index in [1.54, 1.807) is 0 Å². The lowest BCUT2D eigenvalue weighted by Crippen LogP contribution is -2.24. The molecule has 2 aromatic heterocycles. The van der Waals surface area contributed by atoms with Gasteiger partial charge in [-0.25, -0.2) is 9.37 Å². The van der Waals surface area contributed by atoms with Crippen molar-refractivity contribution in [1.82, 2.24) is 19.4 Å². The molecule has 0 aliphatic carbocycles. The molecule has 5 rings (SSSR count). The molecule has 1 N–H and O–H groups in total. The van der Waals surface area contributed by atoms with Gasteiger partial charge >= 0.3 is 0 Å². The standard InChI is InChI=1S/C23H25FN4O/c1-15-7-8-19-20(9-15)26-23(25-19)14-29-22-13-28(12-18(22)24)11-16-10-27(2)21-6-4-3-5-17(16)21/h3-10,18,22H,11-14H2,1-2H3,(H,25,26). The van der Waals surface area contributed by atoms with E-state index in [1.165, 1.54) is 22.0 Å². The molecule has 0 bridgehead atoms. The fraction of sp³-hybridized carbons (Fsp3) is 0.348. The van der Waals surface area contributed by atoms with Crippen molar-refractivity contribution in [2.45, 2.75) is 32.4 Å². The second-order valence-electron chi connectivity index (χ2n) is 8.05. The van der Waals surface area contributed by atoms with Crippen LogP contribution in [0.4, 0.5) is 4.39 Å². The fourth-order valence-corrected chi connectivity index (χ4v) is 4.32. The largest absolute Gasteiger partial charge is 0.366 e. The van der Waals surface area contributed by atoms with Crippen molar-refractivity contribution < 1.29 is 9.13 Å². The van der Waals surface area contributed by atoms with Gasteiger partial charge in [0.25, 0.3) is 0 Å². The maximum Gasteiger partial charge on any atom is 0.140 e. The molecule has 1 saturated heterocycles. The zero-order chi connectivity index (χ0) is 20.0. The molecule has 2 atom stereocenters. The van der Waals surface area contributed by atoms with Crippen LogP contribution in [0.15, 0.2) is 48.7 Å². The van der Waals surface area contributed by atoms with Crippen LogP contribution in [0.2, 0.25) is 0 Å². The predicted molar refractivity (Wildman–Crippen MR) is 112 cm³/mol. The summed E-state index contributed by atoms with van der Waals surface area (Å²) in [5.41, 5.74) is 5.51. The average molecular weight is 392 g/mol. The first-order valence-corrected chi connectivity index (χ1v) is 10.0. The average Bonchev–Trinajstić information content (AvgIpc) is 3.36. The monoisotopic (exact) mass is 392 g/mol. The predicted octanol–water partition coefficient (Wildman–Crippen LogP) is 4.10. The molecule has 1 aliphatic rings. The number of para-hydroxylation sites is 1. The van der Waals surface area contributed by atoms with Crippen molar-refractivity contribution in [3.8, 4) is 0 Å². The molecule has 1 fully saturated rings. The summed E-state index contributed by atoms with van der Waals surface area (Å²) >= 11 is 0. The van der Waals surface area contributed by atoms with Crippen LogP contribution in [0.1, 0.15) is 17.0 Å². The molecule has 6 heteroatoms. The number of ether oxygens (including phenoxy) is 1. The molecule has 150 valence electrons. The second-order valence-corrected chi connectivity index (χ2v) is 8.05. The normalized spacial score (nSPS) is 20.2. The lowest BCUT2D eigenvalue weighted by Gasteiger charge is -2.15. The van der Waals surface area contributed by atoms with E-state index < -0.39 is 12.3 Å². The Kier molecular flexibility index (Phi) is 4.60. The number of benzene rings is 2. The highest BCUT2D eigenvalue weighted by atomic mass is 19.1. The molecule has 29 heavy (non-hydrogen) atoms. The molecule has 3 heterocycles. The molecule has 0 radical (unpaired) electrons.